The van der Waals surface area contributed by atoms with Crippen molar-refractivity contribution in [2.24, 2.45) is 0 Å². The number of carbonyl (C=O) groups is 5. The van der Waals surface area contributed by atoms with Crippen LogP contribution in [0.15, 0.2) is 60.7 Å². The number of aryl methyl sites for hydroxylation is 1. The van der Waals surface area contributed by atoms with Crippen LogP contribution in [0.25, 0.3) is 0 Å². The first-order chi connectivity index (χ1) is 25.6. The summed E-state index contributed by atoms with van der Waals surface area (Å²) < 4.78 is 79.8. The van der Waals surface area contributed by atoms with Gasteiger partial charge in [0.2, 0.25) is 11.8 Å². The van der Waals surface area contributed by atoms with Crippen LogP contribution in [-0.4, -0.2) is 130 Å². The minimum absolute atomic E-state index is 0.00881. The second-order valence-corrected chi connectivity index (χ2v) is 13.1. The number of ether oxygens (including phenoxy) is 4. The number of methoxy groups -OCH3 is 2. The van der Waals surface area contributed by atoms with Crippen LogP contribution in [0.5, 0.6) is 0 Å². The van der Waals surface area contributed by atoms with Crippen molar-refractivity contribution >= 4 is 29.4 Å². The van der Waals surface area contributed by atoms with Gasteiger partial charge in [-0.1, -0.05) is 60.7 Å². The standard InChI is InChI=1S/C36H45F4N5O9/c1-34(22-54-34)30(47)26(20-24-12-8-5-9-13-24)42-32(49)28(35(37,38)51-2)44-33(50)29(36(39,40)52-3)43-31(48)25(15-14-23-10-6-4-7-11-23)41-27(46)21-45-16-18-53-19-17-45/h4-13,25-26,28-29H,14-22H2,1-3H3,(H,41,46)(H,42,49)(H,43,48)(H,44,50)/t25-,26-,28-,29-,34+/m0/s1. The number of carbonyl (C=O) groups excluding carboxylic acids is 5. The molecule has 0 saturated carbocycles. The largest absolute Gasteiger partial charge is 0.384 e. The Kier molecular flexibility index (Phi) is 14.6. The number of benzene rings is 2. The number of Topliss-reactive ketones (excluding diaryl/α,β-unsaturated/α-hetero) is 1. The van der Waals surface area contributed by atoms with Crippen LogP contribution in [-0.2, 0) is 55.8 Å². The van der Waals surface area contributed by atoms with E-state index in [1.807, 2.05) is 5.32 Å². The summed E-state index contributed by atoms with van der Waals surface area (Å²) in [5.41, 5.74) is -0.0168. The number of hydrogen-bond acceptors (Lipinski definition) is 10. The van der Waals surface area contributed by atoms with E-state index in [1.165, 1.54) is 6.92 Å². The predicted octanol–water partition coefficient (Wildman–Crippen LogP) is 0.970. The van der Waals surface area contributed by atoms with Crippen molar-refractivity contribution in [3.63, 3.8) is 0 Å². The van der Waals surface area contributed by atoms with Gasteiger partial charge in [-0.15, -0.1) is 0 Å². The molecular formula is C36H45F4N5O9. The predicted molar refractivity (Wildman–Crippen MR) is 183 cm³/mol. The quantitative estimate of drug-likeness (QED) is 0.112. The molecule has 4 rings (SSSR count). The number of nitrogens with zero attached hydrogens (tertiary/aromatic N) is 1. The third kappa shape index (κ3) is 11.8. The average Bonchev–Trinajstić information content (AvgIpc) is 3.92. The average molecular weight is 768 g/mol. The van der Waals surface area contributed by atoms with Gasteiger partial charge in [0, 0.05) is 27.3 Å². The molecule has 5 atom stereocenters. The highest BCUT2D eigenvalue weighted by molar-refractivity contribution is 5.99. The minimum atomic E-state index is -4.52. The zero-order valence-corrected chi connectivity index (χ0v) is 30.1. The van der Waals surface area contributed by atoms with E-state index in [1.54, 1.807) is 70.9 Å². The number of amides is 4. The zero-order valence-electron chi connectivity index (χ0n) is 30.1. The van der Waals surface area contributed by atoms with E-state index in [0.29, 0.717) is 46.1 Å². The third-order valence-electron chi connectivity index (χ3n) is 9.02. The lowest BCUT2D eigenvalue weighted by Crippen LogP contribution is -2.66. The summed E-state index contributed by atoms with van der Waals surface area (Å²) in [7, 11) is 1.02. The van der Waals surface area contributed by atoms with Crippen LogP contribution >= 0.6 is 0 Å². The Hall–Kier alpha value is -4.49. The van der Waals surface area contributed by atoms with E-state index < -0.39 is 71.4 Å². The summed E-state index contributed by atoms with van der Waals surface area (Å²) >= 11 is 0. The molecule has 2 heterocycles. The highest BCUT2D eigenvalue weighted by atomic mass is 19.3. The SMILES string of the molecule is COC(F)(F)[C@@H](NC(=O)[C@H](CCc1ccccc1)NC(=O)CN1CCOCC1)C(=O)N[C@@H](C(=O)N[C@@H](Cc1ccccc1)C(=O)[C@@]1(C)CO1)C(F)(F)OC. The molecule has 0 aliphatic carbocycles. The van der Waals surface area contributed by atoms with E-state index in [9.17, 15) is 24.0 Å². The van der Waals surface area contributed by atoms with Crippen LogP contribution in [0.3, 0.4) is 0 Å². The Morgan fingerprint density at radius 3 is 1.78 bits per heavy atom. The van der Waals surface area contributed by atoms with E-state index in [2.05, 4.69) is 20.1 Å². The molecule has 2 aromatic carbocycles. The first-order valence-electron chi connectivity index (χ1n) is 17.2. The summed E-state index contributed by atoms with van der Waals surface area (Å²) in [4.78, 5) is 68.6. The molecule has 0 radical (unpaired) electrons. The maximum atomic E-state index is 15.3. The molecule has 2 aliphatic rings. The molecular weight excluding hydrogens is 722 g/mol. The maximum absolute atomic E-state index is 15.3. The van der Waals surface area contributed by atoms with Crippen molar-refractivity contribution in [1.82, 2.24) is 26.2 Å². The van der Waals surface area contributed by atoms with E-state index in [4.69, 9.17) is 9.47 Å². The fourth-order valence-corrected chi connectivity index (χ4v) is 5.67. The third-order valence-corrected chi connectivity index (χ3v) is 9.02. The van der Waals surface area contributed by atoms with Crippen LogP contribution in [0.1, 0.15) is 24.5 Å². The summed E-state index contributed by atoms with van der Waals surface area (Å²) in [6.45, 7) is 2.95. The molecule has 4 N–H and O–H groups in total. The Balaban J connectivity index is 1.55. The van der Waals surface area contributed by atoms with Crippen molar-refractivity contribution in [3.8, 4) is 0 Å². The van der Waals surface area contributed by atoms with Gasteiger partial charge in [-0.25, -0.2) is 0 Å². The van der Waals surface area contributed by atoms with Gasteiger partial charge >= 0.3 is 12.2 Å². The monoisotopic (exact) mass is 767 g/mol. The number of morpholine rings is 1. The van der Waals surface area contributed by atoms with Crippen LogP contribution < -0.4 is 21.3 Å². The number of hydrogen-bond donors (Lipinski definition) is 4. The summed E-state index contributed by atoms with van der Waals surface area (Å²) in [5.74, 6) is -6.15. The zero-order chi connectivity index (χ0) is 39.5. The summed E-state index contributed by atoms with van der Waals surface area (Å²) in [5, 5.41) is 8.08. The number of alkyl halides is 4. The normalized spacial score (nSPS) is 19.8. The number of ketones is 1. The summed E-state index contributed by atoms with van der Waals surface area (Å²) in [6.07, 6.45) is -9.10. The highest BCUT2D eigenvalue weighted by Gasteiger charge is 2.54. The van der Waals surface area contributed by atoms with Crippen molar-refractivity contribution in [2.75, 3.05) is 53.7 Å². The van der Waals surface area contributed by atoms with E-state index in [0.717, 1.165) is 5.56 Å². The van der Waals surface area contributed by atoms with Crippen molar-refractivity contribution < 1.29 is 60.5 Å². The Bertz CT molecular complexity index is 1600. The second-order valence-electron chi connectivity index (χ2n) is 13.1. The van der Waals surface area contributed by atoms with Gasteiger partial charge in [-0.2, -0.15) is 17.6 Å². The first kappa shape index (κ1) is 42.3. The van der Waals surface area contributed by atoms with Gasteiger partial charge in [0.05, 0.1) is 32.4 Å². The molecule has 2 aromatic rings. The van der Waals surface area contributed by atoms with Gasteiger partial charge in [0.1, 0.15) is 11.6 Å². The van der Waals surface area contributed by atoms with Crippen LogP contribution in [0.4, 0.5) is 17.6 Å². The first-order valence-corrected chi connectivity index (χ1v) is 17.2. The number of epoxide rings is 1. The van der Waals surface area contributed by atoms with E-state index >= 15 is 17.6 Å². The molecule has 0 bridgehead atoms. The van der Waals surface area contributed by atoms with Crippen molar-refractivity contribution in [2.45, 2.75) is 68.2 Å². The molecule has 0 aromatic heterocycles. The molecule has 0 unspecified atom stereocenters. The Morgan fingerprint density at radius 2 is 1.26 bits per heavy atom. The fraction of sp³-hybridized carbons (Fsp3) is 0.528. The maximum Gasteiger partial charge on any atom is 0.384 e. The van der Waals surface area contributed by atoms with Gasteiger partial charge in [0.25, 0.3) is 11.8 Å². The molecule has 4 amide bonds. The molecule has 2 aliphatic heterocycles. The summed E-state index contributed by atoms with van der Waals surface area (Å²) in [6, 6.07) is 8.11. The lowest BCUT2D eigenvalue weighted by molar-refractivity contribution is -0.247. The smallest absolute Gasteiger partial charge is 0.379 e. The lowest BCUT2D eigenvalue weighted by Gasteiger charge is -2.31. The van der Waals surface area contributed by atoms with Crippen molar-refractivity contribution in [1.29, 1.82) is 0 Å². The lowest BCUT2D eigenvalue weighted by atomic mass is 9.94. The van der Waals surface area contributed by atoms with Crippen molar-refractivity contribution in [3.05, 3.63) is 71.8 Å². The molecule has 14 nitrogen and oxygen atoms in total. The number of rotatable bonds is 20. The van der Waals surface area contributed by atoms with Gasteiger partial charge in [-0.3, -0.25) is 28.9 Å². The van der Waals surface area contributed by atoms with Gasteiger partial charge < -0.3 is 40.2 Å². The number of nitrogens with one attached hydrogen (secondary N) is 4. The molecule has 0 spiro atoms. The van der Waals surface area contributed by atoms with Crippen LogP contribution in [0, 0.1) is 0 Å². The van der Waals surface area contributed by atoms with Gasteiger partial charge in [0.15, 0.2) is 17.9 Å². The highest BCUT2D eigenvalue weighted by Crippen LogP contribution is 2.30. The number of halogens is 4. The molecule has 18 heteroatoms. The molecule has 296 valence electrons. The van der Waals surface area contributed by atoms with Crippen LogP contribution in [0.2, 0.25) is 0 Å². The second kappa shape index (κ2) is 18.7. The van der Waals surface area contributed by atoms with Gasteiger partial charge in [-0.05, 0) is 37.3 Å². The minimum Gasteiger partial charge on any atom is -0.379 e. The van der Waals surface area contributed by atoms with E-state index in [-0.39, 0.29) is 32.4 Å². The Labute approximate surface area is 309 Å². The topological polar surface area (TPSA) is 177 Å². The molecule has 54 heavy (non-hydrogen) atoms. The Morgan fingerprint density at radius 1 is 0.759 bits per heavy atom. The molecule has 2 saturated heterocycles. The molecule has 2 fully saturated rings. The fourth-order valence-electron chi connectivity index (χ4n) is 5.67.